The smallest absolute Gasteiger partial charge is 0.252 e. The van der Waals surface area contributed by atoms with Crippen molar-refractivity contribution in [1.29, 1.82) is 0 Å². The van der Waals surface area contributed by atoms with E-state index < -0.39 is 0 Å². The van der Waals surface area contributed by atoms with Crippen molar-refractivity contribution in [3.8, 4) is 5.75 Å². The van der Waals surface area contributed by atoms with Gasteiger partial charge in [-0.05, 0) is 35.7 Å². The molecule has 24 heavy (non-hydrogen) atoms. The second-order valence-electron chi connectivity index (χ2n) is 5.14. The Morgan fingerprint density at radius 1 is 1.25 bits per heavy atom. The molecule has 0 aliphatic carbocycles. The van der Waals surface area contributed by atoms with E-state index in [-0.39, 0.29) is 18.2 Å². The number of benzene rings is 1. The summed E-state index contributed by atoms with van der Waals surface area (Å²) >= 11 is 4.83. The van der Waals surface area contributed by atoms with Crippen molar-refractivity contribution in [3.63, 3.8) is 0 Å². The topological polar surface area (TPSA) is 58.6 Å². The Labute approximate surface area is 153 Å². The third-order valence-corrected chi connectivity index (χ3v) is 4.55. The number of hydrogen-bond acceptors (Lipinski definition) is 4. The SMILES string of the molecule is CN(CCOc1ccc(Br)cc1)C(=O)CCNC(=O)c1ccsc1. The van der Waals surface area contributed by atoms with E-state index in [1.807, 2.05) is 29.6 Å². The summed E-state index contributed by atoms with van der Waals surface area (Å²) in [6.07, 6.45) is 0.269. The molecule has 1 aromatic heterocycles. The first-order valence-corrected chi connectivity index (χ1v) is 9.22. The number of rotatable bonds is 8. The Bertz CT molecular complexity index is 659. The standard InChI is InChI=1S/C17H19BrN2O3S/c1-20(9-10-23-15-4-2-14(18)3-5-15)16(21)6-8-19-17(22)13-7-11-24-12-13/h2-5,7,11-12H,6,8-10H2,1H3,(H,19,22). The number of halogens is 1. The number of nitrogens with zero attached hydrogens (tertiary/aromatic N) is 1. The molecule has 7 heteroatoms. The molecular formula is C17H19BrN2O3S. The van der Waals surface area contributed by atoms with Gasteiger partial charge in [-0.25, -0.2) is 0 Å². The van der Waals surface area contributed by atoms with E-state index in [2.05, 4.69) is 21.2 Å². The van der Waals surface area contributed by atoms with Gasteiger partial charge in [0.05, 0.1) is 6.54 Å². The van der Waals surface area contributed by atoms with Gasteiger partial charge in [0.15, 0.2) is 0 Å². The van der Waals surface area contributed by atoms with E-state index in [0.717, 1.165) is 10.2 Å². The van der Waals surface area contributed by atoms with Gasteiger partial charge in [0, 0.05) is 35.4 Å². The molecule has 0 saturated heterocycles. The Hall–Kier alpha value is -1.86. The lowest BCUT2D eigenvalue weighted by atomic mass is 10.3. The van der Waals surface area contributed by atoms with Crippen molar-refractivity contribution < 1.29 is 14.3 Å². The molecule has 1 N–H and O–H groups in total. The average molecular weight is 411 g/mol. The van der Waals surface area contributed by atoms with Gasteiger partial charge >= 0.3 is 0 Å². The second-order valence-corrected chi connectivity index (χ2v) is 6.83. The third-order valence-electron chi connectivity index (χ3n) is 3.34. The molecule has 0 spiro atoms. The number of thiophene rings is 1. The molecule has 1 heterocycles. The van der Waals surface area contributed by atoms with E-state index in [9.17, 15) is 9.59 Å². The van der Waals surface area contributed by atoms with Crippen LogP contribution in [-0.4, -0.2) is 43.5 Å². The van der Waals surface area contributed by atoms with Gasteiger partial charge in [-0.15, -0.1) is 0 Å². The molecule has 0 saturated carbocycles. The minimum absolute atomic E-state index is 0.0278. The first-order valence-electron chi connectivity index (χ1n) is 7.49. The highest BCUT2D eigenvalue weighted by Crippen LogP contribution is 2.15. The fraction of sp³-hybridized carbons (Fsp3) is 0.294. The maximum Gasteiger partial charge on any atom is 0.252 e. The van der Waals surface area contributed by atoms with Gasteiger partial charge in [0.25, 0.3) is 5.91 Å². The highest BCUT2D eigenvalue weighted by molar-refractivity contribution is 9.10. The van der Waals surface area contributed by atoms with Gasteiger partial charge in [-0.1, -0.05) is 15.9 Å². The van der Waals surface area contributed by atoms with Crippen LogP contribution in [0.25, 0.3) is 0 Å². The zero-order valence-corrected chi connectivity index (χ0v) is 15.7. The van der Waals surface area contributed by atoms with Gasteiger partial charge in [0.1, 0.15) is 12.4 Å². The van der Waals surface area contributed by atoms with Crippen molar-refractivity contribution in [2.75, 3.05) is 26.7 Å². The maximum absolute atomic E-state index is 12.0. The summed E-state index contributed by atoms with van der Waals surface area (Å²) in [5, 5.41) is 6.37. The summed E-state index contributed by atoms with van der Waals surface area (Å²) in [4.78, 5) is 25.4. The largest absolute Gasteiger partial charge is 0.492 e. The number of amides is 2. The van der Waals surface area contributed by atoms with E-state index in [1.165, 1.54) is 11.3 Å². The molecule has 0 aliphatic rings. The van der Waals surface area contributed by atoms with E-state index >= 15 is 0 Å². The predicted octanol–water partition coefficient (Wildman–Crippen LogP) is 3.17. The second kappa shape index (κ2) is 9.44. The fourth-order valence-electron chi connectivity index (χ4n) is 1.93. The van der Waals surface area contributed by atoms with Crippen LogP contribution in [0.4, 0.5) is 0 Å². The van der Waals surface area contributed by atoms with E-state index in [1.54, 1.807) is 23.4 Å². The van der Waals surface area contributed by atoms with Gasteiger partial charge in [0.2, 0.25) is 5.91 Å². The van der Waals surface area contributed by atoms with Crippen LogP contribution in [-0.2, 0) is 4.79 Å². The molecule has 2 rings (SSSR count). The first kappa shape index (κ1) is 18.5. The quantitative estimate of drug-likeness (QED) is 0.726. The van der Waals surface area contributed by atoms with Crippen LogP contribution in [0, 0.1) is 0 Å². The van der Waals surface area contributed by atoms with Gasteiger partial charge < -0.3 is 15.0 Å². The zero-order chi connectivity index (χ0) is 17.4. The first-order chi connectivity index (χ1) is 11.6. The van der Waals surface area contributed by atoms with Crippen LogP contribution >= 0.6 is 27.3 Å². The Kier molecular flexibility index (Phi) is 7.27. The minimum Gasteiger partial charge on any atom is -0.492 e. The molecule has 5 nitrogen and oxygen atoms in total. The summed E-state index contributed by atoms with van der Waals surface area (Å²) in [7, 11) is 1.73. The van der Waals surface area contributed by atoms with Gasteiger partial charge in [-0.3, -0.25) is 9.59 Å². The number of ether oxygens (including phenoxy) is 1. The molecule has 0 bridgehead atoms. The monoisotopic (exact) mass is 410 g/mol. The summed E-state index contributed by atoms with van der Waals surface area (Å²) in [5.41, 5.74) is 0.628. The summed E-state index contributed by atoms with van der Waals surface area (Å²) in [6, 6.07) is 9.30. The highest BCUT2D eigenvalue weighted by atomic mass is 79.9. The maximum atomic E-state index is 12.0. The van der Waals surface area contributed by atoms with Crippen LogP contribution in [0.3, 0.4) is 0 Å². The summed E-state index contributed by atoms with van der Waals surface area (Å²) in [5.74, 6) is 0.590. The van der Waals surface area contributed by atoms with Crippen LogP contribution in [0.5, 0.6) is 5.75 Å². The fourth-order valence-corrected chi connectivity index (χ4v) is 2.83. The summed E-state index contributed by atoms with van der Waals surface area (Å²) in [6.45, 7) is 1.24. The normalized spacial score (nSPS) is 10.2. The highest BCUT2D eigenvalue weighted by Gasteiger charge is 2.10. The number of hydrogen-bond donors (Lipinski definition) is 1. The van der Waals surface area contributed by atoms with Gasteiger partial charge in [-0.2, -0.15) is 11.3 Å². The van der Waals surface area contributed by atoms with Crippen molar-refractivity contribution >= 4 is 39.1 Å². The van der Waals surface area contributed by atoms with Crippen molar-refractivity contribution in [2.45, 2.75) is 6.42 Å². The average Bonchev–Trinajstić information content (AvgIpc) is 3.11. The number of likely N-dealkylation sites (N-methyl/N-ethyl adjacent to an activating group) is 1. The Balaban J connectivity index is 1.63. The molecule has 0 radical (unpaired) electrons. The molecular weight excluding hydrogens is 392 g/mol. The summed E-state index contributed by atoms with van der Waals surface area (Å²) < 4.78 is 6.58. The Morgan fingerprint density at radius 2 is 2.00 bits per heavy atom. The molecule has 2 aromatic rings. The van der Waals surface area contributed by atoms with Crippen LogP contribution < -0.4 is 10.1 Å². The number of carbonyl (C=O) groups excluding carboxylic acids is 2. The zero-order valence-electron chi connectivity index (χ0n) is 13.3. The lowest BCUT2D eigenvalue weighted by Gasteiger charge is -2.17. The van der Waals surface area contributed by atoms with Crippen LogP contribution in [0.15, 0.2) is 45.6 Å². The van der Waals surface area contributed by atoms with E-state index in [0.29, 0.717) is 25.3 Å². The predicted molar refractivity (Wildman–Crippen MR) is 98.5 cm³/mol. The molecule has 2 amide bonds. The third kappa shape index (κ3) is 5.98. The van der Waals surface area contributed by atoms with Crippen LogP contribution in [0.1, 0.15) is 16.8 Å². The van der Waals surface area contributed by atoms with E-state index in [4.69, 9.17) is 4.74 Å². The van der Waals surface area contributed by atoms with Crippen LogP contribution in [0.2, 0.25) is 0 Å². The molecule has 0 fully saturated rings. The van der Waals surface area contributed by atoms with Crippen molar-refractivity contribution in [1.82, 2.24) is 10.2 Å². The Morgan fingerprint density at radius 3 is 2.67 bits per heavy atom. The van der Waals surface area contributed by atoms with Crippen molar-refractivity contribution in [2.24, 2.45) is 0 Å². The molecule has 0 aliphatic heterocycles. The molecule has 128 valence electrons. The minimum atomic E-state index is -0.148. The molecule has 0 unspecified atom stereocenters. The molecule has 1 aromatic carbocycles. The lowest BCUT2D eigenvalue weighted by molar-refractivity contribution is -0.130. The van der Waals surface area contributed by atoms with Crippen molar-refractivity contribution in [3.05, 3.63) is 51.1 Å². The number of nitrogens with one attached hydrogen (secondary N) is 1. The number of carbonyl (C=O) groups is 2. The lowest BCUT2D eigenvalue weighted by Crippen LogP contribution is -2.34. The molecule has 0 atom stereocenters.